The average Bonchev–Trinajstić information content (AvgIpc) is 3.74. The van der Waals surface area contributed by atoms with Gasteiger partial charge in [0.05, 0.1) is 0 Å². The Kier molecular flexibility index (Phi) is 16.3. The van der Waals surface area contributed by atoms with Gasteiger partial charge in [-0.3, -0.25) is 0 Å². The van der Waals surface area contributed by atoms with E-state index in [-0.39, 0.29) is 52.4 Å². The first-order valence-corrected chi connectivity index (χ1v) is 26.8. The number of hydrogen-bond acceptors (Lipinski definition) is 0. The van der Waals surface area contributed by atoms with Gasteiger partial charge in [-0.2, -0.15) is 0 Å². The van der Waals surface area contributed by atoms with Crippen molar-refractivity contribution in [3.05, 3.63) is 143 Å². The molecule has 0 N–H and O–H groups in total. The van der Waals surface area contributed by atoms with Crippen molar-refractivity contribution in [2.24, 2.45) is 11.3 Å². The maximum Gasteiger partial charge on any atom is -1.00 e. The summed E-state index contributed by atoms with van der Waals surface area (Å²) in [7, 11) is 0. The summed E-state index contributed by atoms with van der Waals surface area (Å²) < 4.78 is 92.3. The molecule has 358 valence electrons. The van der Waals surface area contributed by atoms with Gasteiger partial charge in [-0.1, -0.05) is 0 Å². The van der Waals surface area contributed by atoms with Gasteiger partial charge in [-0.15, -0.1) is 0 Å². The van der Waals surface area contributed by atoms with Crippen LogP contribution in [0.2, 0.25) is 0 Å². The minimum atomic E-state index is -4.66. The summed E-state index contributed by atoms with van der Waals surface area (Å²) in [6.07, 6.45) is -1.20. The van der Waals surface area contributed by atoms with E-state index in [9.17, 15) is 26.3 Å². The summed E-state index contributed by atoms with van der Waals surface area (Å²) >= 11 is -4.08. The molecule has 0 aliphatic heterocycles. The molecular weight excluding hydrogens is 961 g/mol. The van der Waals surface area contributed by atoms with Crippen LogP contribution in [0.3, 0.4) is 0 Å². The summed E-state index contributed by atoms with van der Waals surface area (Å²) in [5.74, 6) is -0.0132. The van der Waals surface area contributed by atoms with Crippen LogP contribution < -0.4 is 28.1 Å². The molecule has 2 aliphatic carbocycles. The molecule has 0 radical (unpaired) electrons. The minimum Gasteiger partial charge on any atom is -1.00 e. The topological polar surface area (TPSA) is 0 Å². The van der Waals surface area contributed by atoms with Crippen molar-refractivity contribution in [1.82, 2.24) is 0 Å². The fourth-order valence-electron chi connectivity index (χ4n) is 9.85. The van der Waals surface area contributed by atoms with E-state index in [1.807, 2.05) is 0 Å². The SMILES string of the molecule is CCCCC1C=C(C(C)(C)C)C=[C]1[Zr+2](=[C](c1cccc(C(F)(F)F)c1)c1cccc(C(F)(F)F)c1)[c]1c2c(cc(C(C)(C)C)c1C(C)(C)C)-c1cc(C(C)(C)C)c(C(C)(C)C)cc1C2.[Cl-].[Cl-]. The Hall–Kier alpha value is -2.73. The first kappa shape index (κ1) is 55.9. The van der Waals surface area contributed by atoms with Crippen molar-refractivity contribution in [2.45, 2.75) is 170 Å². The standard InChI is InChI=1S/C29H41.C15H8F6.C13H21.2ClH.Zr/c1-26(2,3)22-14-18-13-19-15-23(27(4,5)6)25(29(10,11)12)17-21(19)20(18)16-24(22)28(7,8)9;16-14(17,18)12-5-1-3-10(8-12)7-11-4-2-6-13(9-11)15(19,20)21;1-5-6-7-11-8-9-12(10-11)13(2,3)4;;;/h14,16-17H,13H2,1-12H3;1-6,8-9H;9-11H,5-7H2,1-4H3;2*1H;/q;;;;;+2/p-2. The molecule has 4 aromatic carbocycles. The Bertz CT molecular complexity index is 2490. The van der Waals surface area contributed by atoms with Gasteiger partial charge in [0.15, 0.2) is 0 Å². The number of halogens is 8. The zero-order valence-electron chi connectivity index (χ0n) is 41.9. The van der Waals surface area contributed by atoms with Crippen LogP contribution in [0, 0.1) is 11.3 Å². The van der Waals surface area contributed by atoms with E-state index in [2.05, 4.69) is 141 Å². The molecule has 0 aromatic heterocycles. The molecular formula is C57H70Cl2F6Zr. The van der Waals surface area contributed by atoms with Gasteiger partial charge in [0, 0.05) is 0 Å². The zero-order chi connectivity index (χ0) is 47.9. The molecule has 1 atom stereocenters. The van der Waals surface area contributed by atoms with Crippen molar-refractivity contribution < 1.29 is 72.4 Å². The number of unbranched alkanes of at least 4 members (excludes halogenated alkanes) is 1. The molecule has 2 aliphatic rings. The Morgan fingerprint density at radius 3 is 1.47 bits per heavy atom. The summed E-state index contributed by atoms with van der Waals surface area (Å²) in [6, 6.07) is 18.0. The van der Waals surface area contributed by atoms with Crippen molar-refractivity contribution in [2.75, 3.05) is 0 Å². The van der Waals surface area contributed by atoms with Gasteiger partial charge in [0.2, 0.25) is 0 Å². The van der Waals surface area contributed by atoms with Crippen LogP contribution in [0.15, 0.2) is 87.7 Å². The first-order valence-electron chi connectivity index (χ1n) is 23.1. The van der Waals surface area contributed by atoms with Gasteiger partial charge >= 0.3 is 390 Å². The Labute approximate surface area is 412 Å². The Morgan fingerprint density at radius 1 is 0.576 bits per heavy atom. The summed E-state index contributed by atoms with van der Waals surface area (Å²) in [6.45, 7) is 35.7. The molecule has 0 saturated carbocycles. The molecule has 0 heterocycles. The van der Waals surface area contributed by atoms with E-state index >= 15 is 0 Å². The fourth-order valence-corrected chi connectivity index (χ4v) is 19.4. The third-order valence-electron chi connectivity index (χ3n) is 13.1. The van der Waals surface area contributed by atoms with Gasteiger partial charge in [-0.25, -0.2) is 0 Å². The summed E-state index contributed by atoms with van der Waals surface area (Å²) in [5, 5.41) is 0. The maximum atomic E-state index is 14.9. The maximum absolute atomic E-state index is 14.9. The number of benzene rings is 4. The Morgan fingerprint density at radius 2 is 1.05 bits per heavy atom. The second kappa shape index (κ2) is 19.2. The molecule has 0 nitrogen and oxygen atoms in total. The van der Waals surface area contributed by atoms with E-state index in [1.54, 1.807) is 12.1 Å². The van der Waals surface area contributed by atoms with Crippen LogP contribution in [0.25, 0.3) is 11.1 Å². The van der Waals surface area contributed by atoms with Crippen LogP contribution >= 0.6 is 0 Å². The second-order valence-electron chi connectivity index (χ2n) is 23.6. The normalized spacial score (nSPS) is 15.5. The predicted molar refractivity (Wildman–Crippen MR) is 254 cm³/mol. The fraction of sp³-hybridized carbons (Fsp3) is 0.491. The molecule has 0 bridgehead atoms. The molecule has 66 heavy (non-hydrogen) atoms. The smallest absolute Gasteiger partial charge is 1.00 e. The van der Waals surface area contributed by atoms with E-state index in [1.165, 1.54) is 75.3 Å². The van der Waals surface area contributed by atoms with Gasteiger partial charge in [0.25, 0.3) is 0 Å². The van der Waals surface area contributed by atoms with E-state index in [0.29, 0.717) is 20.8 Å². The van der Waals surface area contributed by atoms with Crippen molar-refractivity contribution >= 4 is 6.48 Å². The van der Waals surface area contributed by atoms with Gasteiger partial charge in [0.1, 0.15) is 0 Å². The third-order valence-corrected chi connectivity index (χ3v) is 21.0. The quantitative estimate of drug-likeness (QED) is 0.143. The number of hydrogen-bond donors (Lipinski definition) is 0. The van der Waals surface area contributed by atoms with Crippen LogP contribution in [-0.2, 0) is 61.7 Å². The Balaban J connectivity index is 0.00000476. The van der Waals surface area contributed by atoms with E-state index in [4.69, 9.17) is 0 Å². The van der Waals surface area contributed by atoms with E-state index in [0.717, 1.165) is 37.0 Å². The second-order valence-corrected chi connectivity index (χ2v) is 29.3. The number of alkyl halides is 6. The number of fused-ring (bicyclic) bond motifs is 3. The van der Waals surface area contributed by atoms with Crippen molar-refractivity contribution in [3.8, 4) is 11.1 Å². The molecule has 0 saturated heterocycles. The van der Waals surface area contributed by atoms with Crippen molar-refractivity contribution in [1.29, 1.82) is 0 Å². The van der Waals surface area contributed by atoms with Gasteiger partial charge in [-0.05, 0) is 0 Å². The first-order chi connectivity index (χ1) is 29.1. The summed E-state index contributed by atoms with van der Waals surface area (Å²) in [4.78, 5) is 0. The molecule has 1 unspecified atom stereocenters. The molecule has 6 rings (SSSR count). The van der Waals surface area contributed by atoms with Crippen LogP contribution in [0.5, 0.6) is 0 Å². The molecule has 4 aromatic rings. The van der Waals surface area contributed by atoms with Gasteiger partial charge < -0.3 is 24.8 Å². The molecule has 0 amide bonds. The van der Waals surface area contributed by atoms with Crippen LogP contribution in [0.1, 0.15) is 186 Å². The van der Waals surface area contributed by atoms with Crippen molar-refractivity contribution in [3.63, 3.8) is 0 Å². The molecule has 0 spiro atoms. The monoisotopic (exact) mass is 1030 g/mol. The average molecular weight is 1030 g/mol. The van der Waals surface area contributed by atoms with E-state index < -0.39 is 50.2 Å². The largest absolute Gasteiger partial charge is 1.00 e. The zero-order valence-corrected chi connectivity index (χ0v) is 45.9. The number of rotatable bonds is 7. The molecule has 9 heteroatoms. The number of allylic oxidation sites excluding steroid dienone is 4. The van der Waals surface area contributed by atoms with Crippen LogP contribution in [-0.4, -0.2) is 3.21 Å². The summed E-state index contributed by atoms with van der Waals surface area (Å²) in [5.41, 5.74) is 8.57. The predicted octanol–water partition coefficient (Wildman–Crippen LogP) is 10.7. The van der Waals surface area contributed by atoms with Crippen LogP contribution in [0.4, 0.5) is 26.3 Å². The minimum absolute atomic E-state index is 0. The third kappa shape index (κ3) is 11.5. The molecule has 0 fully saturated rings.